The zero-order chi connectivity index (χ0) is 45.7. The third-order valence-electron chi connectivity index (χ3n) is 15.8. The van der Waals surface area contributed by atoms with Crippen LogP contribution in [0.3, 0.4) is 0 Å². The maximum Gasteiger partial charge on any atom is 0.0560 e. The molecule has 1 atom stereocenters. The van der Waals surface area contributed by atoms with E-state index >= 15 is 0 Å². The van der Waals surface area contributed by atoms with E-state index in [1.54, 1.807) is 0 Å². The van der Waals surface area contributed by atoms with Crippen LogP contribution in [-0.2, 0) is 10.8 Å². The van der Waals surface area contributed by atoms with E-state index in [0.717, 1.165) is 19.3 Å². The van der Waals surface area contributed by atoms with Crippen LogP contribution in [0.5, 0.6) is 0 Å². The predicted octanol–water partition coefficient (Wildman–Crippen LogP) is 17.0. The van der Waals surface area contributed by atoms with Crippen molar-refractivity contribution in [3.05, 3.63) is 251 Å². The number of benzene rings is 8. The summed E-state index contributed by atoms with van der Waals surface area (Å²) in [5, 5.41) is 2.53. The fraction of sp³-hybridized carbons (Fsp3) is 0.152. The van der Waals surface area contributed by atoms with Gasteiger partial charge in [0.1, 0.15) is 0 Å². The van der Waals surface area contributed by atoms with Crippen LogP contribution in [0.4, 0.5) is 5.69 Å². The molecule has 0 spiro atoms. The first-order valence-corrected chi connectivity index (χ1v) is 24.5. The third kappa shape index (κ3) is 6.16. The molecule has 0 bridgehead atoms. The molecule has 8 aromatic carbocycles. The van der Waals surface area contributed by atoms with Crippen LogP contribution in [0.1, 0.15) is 80.3 Å². The van der Waals surface area contributed by atoms with Crippen LogP contribution in [0.2, 0.25) is 0 Å². The summed E-state index contributed by atoms with van der Waals surface area (Å²) in [6.07, 6.45) is 15.1. The van der Waals surface area contributed by atoms with Gasteiger partial charge in [0.15, 0.2) is 0 Å². The van der Waals surface area contributed by atoms with Gasteiger partial charge in [0.05, 0.1) is 17.1 Å². The minimum Gasteiger partial charge on any atom is -0.334 e. The Labute approximate surface area is 400 Å². The van der Waals surface area contributed by atoms with Crippen LogP contribution < -0.4 is 4.90 Å². The number of nitrogens with zero attached hydrogens (tertiary/aromatic N) is 2. The Balaban J connectivity index is 0.911. The van der Waals surface area contributed by atoms with E-state index in [1.165, 1.54) is 117 Å². The van der Waals surface area contributed by atoms with Gasteiger partial charge in [-0.1, -0.05) is 185 Å². The highest BCUT2D eigenvalue weighted by atomic mass is 15.2. The average molecular weight is 875 g/mol. The molecular formula is C66H54N2. The second-order valence-electron chi connectivity index (χ2n) is 20.3. The monoisotopic (exact) mass is 874 g/mol. The lowest BCUT2D eigenvalue weighted by Gasteiger charge is -2.37. The highest BCUT2D eigenvalue weighted by molar-refractivity contribution is 6.10. The van der Waals surface area contributed by atoms with E-state index in [4.69, 9.17) is 0 Å². The van der Waals surface area contributed by atoms with Crippen molar-refractivity contribution >= 4 is 38.6 Å². The van der Waals surface area contributed by atoms with Gasteiger partial charge in [0.25, 0.3) is 0 Å². The lowest BCUT2D eigenvalue weighted by atomic mass is 9.77. The molecule has 68 heavy (non-hydrogen) atoms. The highest BCUT2D eigenvalue weighted by Gasteiger charge is 2.39. The molecule has 0 fully saturated rings. The van der Waals surface area contributed by atoms with Gasteiger partial charge in [-0.2, -0.15) is 0 Å². The number of para-hydroxylation sites is 2. The second kappa shape index (κ2) is 15.4. The van der Waals surface area contributed by atoms with Crippen molar-refractivity contribution in [2.45, 2.75) is 63.8 Å². The zero-order valence-electron chi connectivity index (χ0n) is 39.3. The molecule has 0 radical (unpaired) electrons. The van der Waals surface area contributed by atoms with Gasteiger partial charge >= 0.3 is 0 Å². The van der Waals surface area contributed by atoms with Crippen molar-refractivity contribution in [1.82, 2.24) is 4.57 Å². The number of allylic oxidation sites excluding steroid dienone is 5. The number of anilines is 1. The molecule has 1 unspecified atom stereocenters. The van der Waals surface area contributed by atoms with Gasteiger partial charge < -0.3 is 9.47 Å². The van der Waals surface area contributed by atoms with Crippen molar-refractivity contribution < 1.29 is 0 Å². The van der Waals surface area contributed by atoms with Gasteiger partial charge in [-0.15, -0.1) is 0 Å². The van der Waals surface area contributed by atoms with E-state index in [2.05, 4.69) is 250 Å². The molecule has 0 amide bonds. The summed E-state index contributed by atoms with van der Waals surface area (Å²) in [7, 11) is 0. The molecular weight excluding hydrogens is 821 g/mol. The summed E-state index contributed by atoms with van der Waals surface area (Å²) < 4.78 is 2.39. The molecule has 2 nitrogen and oxygen atoms in total. The summed E-state index contributed by atoms with van der Waals surface area (Å²) in [4.78, 5) is 2.65. The number of hydrogen-bond donors (Lipinski definition) is 0. The van der Waals surface area contributed by atoms with Crippen molar-refractivity contribution in [3.8, 4) is 39.1 Å². The first-order chi connectivity index (χ1) is 33.3. The maximum atomic E-state index is 2.65. The zero-order valence-corrected chi connectivity index (χ0v) is 39.3. The van der Waals surface area contributed by atoms with Gasteiger partial charge in [-0.3, -0.25) is 0 Å². The highest BCUT2D eigenvalue weighted by Crippen LogP contribution is 2.53. The Hall–Kier alpha value is -7.68. The van der Waals surface area contributed by atoms with Crippen molar-refractivity contribution in [2.24, 2.45) is 0 Å². The number of aromatic nitrogens is 1. The summed E-state index contributed by atoms with van der Waals surface area (Å²) in [6.45, 7) is 9.59. The van der Waals surface area contributed by atoms with Gasteiger partial charge in [0, 0.05) is 38.7 Å². The third-order valence-corrected chi connectivity index (χ3v) is 15.8. The average Bonchev–Trinajstić information content (AvgIpc) is 3.94. The van der Waals surface area contributed by atoms with Crippen LogP contribution in [0.25, 0.3) is 72.0 Å². The van der Waals surface area contributed by atoms with Crippen LogP contribution in [0, 0.1) is 0 Å². The normalized spacial score (nSPS) is 17.2. The quantitative estimate of drug-likeness (QED) is 0.155. The van der Waals surface area contributed by atoms with Crippen molar-refractivity contribution in [3.63, 3.8) is 0 Å². The molecule has 328 valence electrons. The Morgan fingerprint density at radius 2 is 1.15 bits per heavy atom. The van der Waals surface area contributed by atoms with E-state index < -0.39 is 0 Å². The molecule has 1 aromatic heterocycles. The van der Waals surface area contributed by atoms with E-state index in [9.17, 15) is 0 Å². The maximum absolute atomic E-state index is 2.65. The summed E-state index contributed by atoms with van der Waals surface area (Å²) in [5.74, 6) is 0. The molecule has 0 saturated carbocycles. The molecule has 1 heterocycles. The van der Waals surface area contributed by atoms with Crippen LogP contribution >= 0.6 is 0 Å². The minimum atomic E-state index is -0.114. The Bertz CT molecular complexity index is 3640. The van der Waals surface area contributed by atoms with Gasteiger partial charge in [-0.05, 0) is 152 Å². The molecule has 4 aliphatic rings. The van der Waals surface area contributed by atoms with Crippen LogP contribution in [0.15, 0.2) is 218 Å². The van der Waals surface area contributed by atoms with Gasteiger partial charge in [-0.25, -0.2) is 0 Å². The molecule has 4 aliphatic carbocycles. The Morgan fingerprint density at radius 1 is 0.500 bits per heavy atom. The minimum absolute atomic E-state index is 0.0388. The number of fused-ring (bicyclic) bond motifs is 9. The second-order valence-corrected chi connectivity index (χ2v) is 20.3. The summed E-state index contributed by atoms with van der Waals surface area (Å²) >= 11 is 0. The smallest absolute Gasteiger partial charge is 0.0560 e. The predicted molar refractivity (Wildman–Crippen MR) is 288 cm³/mol. The molecule has 9 aromatic rings. The first-order valence-electron chi connectivity index (χ1n) is 24.5. The van der Waals surface area contributed by atoms with E-state index in [0.29, 0.717) is 0 Å². The number of rotatable bonds is 7. The summed E-state index contributed by atoms with van der Waals surface area (Å²) in [6, 6.07) is 68.2. The van der Waals surface area contributed by atoms with Crippen molar-refractivity contribution in [1.29, 1.82) is 0 Å². The topological polar surface area (TPSA) is 8.17 Å². The van der Waals surface area contributed by atoms with E-state index in [-0.39, 0.29) is 16.9 Å². The molecule has 0 N–H and O–H groups in total. The number of hydrogen-bond acceptors (Lipinski definition) is 1. The fourth-order valence-electron chi connectivity index (χ4n) is 12.5. The molecule has 0 saturated heterocycles. The molecule has 13 rings (SSSR count). The largest absolute Gasteiger partial charge is 0.334 e. The first kappa shape index (κ1) is 40.6. The van der Waals surface area contributed by atoms with E-state index in [1.807, 2.05) is 0 Å². The summed E-state index contributed by atoms with van der Waals surface area (Å²) in [5.41, 5.74) is 25.0. The Kier molecular flexibility index (Phi) is 9.21. The van der Waals surface area contributed by atoms with Crippen LogP contribution in [-0.4, -0.2) is 10.6 Å². The van der Waals surface area contributed by atoms with Gasteiger partial charge in [0.2, 0.25) is 0 Å². The van der Waals surface area contributed by atoms with Crippen molar-refractivity contribution in [2.75, 3.05) is 4.90 Å². The Morgan fingerprint density at radius 3 is 1.94 bits per heavy atom. The lowest BCUT2D eigenvalue weighted by Crippen LogP contribution is -2.34. The molecule has 2 heteroatoms. The fourth-order valence-corrected chi connectivity index (χ4v) is 12.5. The lowest BCUT2D eigenvalue weighted by molar-refractivity contribution is 0.657. The SMILES string of the molecule is CC1(C)c2ccccc2-c2ccc(C3=CCC(N(C4=C(c5cccc6c5C(C)(C)c5ccccc5-6)CCC=C4)c4ccc(-c5ccc6c(c5)c5ccccc5n6-c5ccccc5)cc4)C=C3)cc21. The molecule has 0 aliphatic heterocycles. The standard InChI is InChI=1S/C66H54N2/c1-65(2)58-25-12-8-19-50(58)52-39-33-46(42-60(52)65)44-31-37-49(38-32-44)67(61-27-14-10-21-53(61)56-24-16-23-55-51-20-9-13-26-59(51)66(3,4)64(55)56)48-35-29-43(30-36-48)45-34-40-63-57(41-45)54-22-11-15-28-62(54)68(63)47-17-6-5-7-18-47/h5-9,11-20,22-37,39-42,49H,10,21,38H2,1-4H3.